The van der Waals surface area contributed by atoms with E-state index in [1.807, 2.05) is 0 Å². The number of carbonyl (C=O) groups is 2. The van der Waals surface area contributed by atoms with Gasteiger partial charge in [0, 0.05) is 30.9 Å². The molecule has 1 aromatic rings. The molecule has 1 aliphatic rings. The number of rotatable bonds is 6. The number of hydrogen-bond donors (Lipinski definition) is 2. The van der Waals surface area contributed by atoms with Crippen LogP contribution in [0.3, 0.4) is 0 Å². The van der Waals surface area contributed by atoms with Crippen molar-refractivity contribution in [3.8, 4) is 0 Å². The van der Waals surface area contributed by atoms with E-state index >= 15 is 0 Å². The van der Waals surface area contributed by atoms with Gasteiger partial charge < -0.3 is 10.4 Å². The van der Waals surface area contributed by atoms with Gasteiger partial charge in [-0.3, -0.25) is 9.59 Å². The molecule has 2 atom stereocenters. The van der Waals surface area contributed by atoms with E-state index in [-0.39, 0.29) is 10.1 Å². The predicted molar refractivity (Wildman–Crippen MR) is 90.4 cm³/mol. The quantitative estimate of drug-likeness (QED) is 0.781. The highest BCUT2D eigenvalue weighted by Crippen LogP contribution is 2.32. The monoisotopic (exact) mass is 374 g/mol. The molecule has 0 bridgehead atoms. The summed E-state index contributed by atoms with van der Waals surface area (Å²) in [5.74, 6) is -1.75. The van der Waals surface area contributed by atoms with Gasteiger partial charge in [-0.05, 0) is 38.3 Å². The molecule has 2 N–H and O–H groups in total. The van der Waals surface area contributed by atoms with E-state index in [4.69, 9.17) is 0 Å². The highest BCUT2D eigenvalue weighted by Gasteiger charge is 2.40. The first-order chi connectivity index (χ1) is 11.2. The molecule has 2 rings (SSSR count). The molecule has 1 aromatic heterocycles. The molecule has 1 aliphatic heterocycles. The van der Waals surface area contributed by atoms with Gasteiger partial charge in [-0.2, -0.15) is 4.31 Å². The van der Waals surface area contributed by atoms with E-state index in [2.05, 4.69) is 5.32 Å². The second kappa shape index (κ2) is 7.62. The zero-order valence-electron chi connectivity index (χ0n) is 13.7. The Morgan fingerprint density at radius 3 is 2.75 bits per heavy atom. The summed E-state index contributed by atoms with van der Waals surface area (Å²) in [6.07, 6.45) is 1.60. The number of carboxylic acid groups (broad SMARTS) is 1. The van der Waals surface area contributed by atoms with E-state index < -0.39 is 28.0 Å². The number of nitrogens with one attached hydrogen (secondary N) is 1. The molecular weight excluding hydrogens is 352 g/mol. The van der Waals surface area contributed by atoms with Gasteiger partial charge in [-0.1, -0.05) is 0 Å². The minimum Gasteiger partial charge on any atom is -0.481 e. The van der Waals surface area contributed by atoms with Crippen molar-refractivity contribution < 1.29 is 23.1 Å². The van der Waals surface area contributed by atoms with Crippen LogP contribution in [0.15, 0.2) is 16.3 Å². The van der Waals surface area contributed by atoms with E-state index in [0.717, 1.165) is 4.88 Å². The fourth-order valence-electron chi connectivity index (χ4n) is 2.89. The van der Waals surface area contributed by atoms with Gasteiger partial charge in [0.25, 0.3) is 10.0 Å². The van der Waals surface area contributed by atoms with Crippen LogP contribution in [0.25, 0.3) is 0 Å². The molecule has 0 unspecified atom stereocenters. The Labute approximate surface area is 145 Å². The molecule has 2 heterocycles. The molecule has 0 aliphatic carbocycles. The molecule has 0 spiro atoms. The lowest BCUT2D eigenvalue weighted by Crippen LogP contribution is -2.48. The SMILES string of the molecule is CC(=O)NCCc1ccc(S(=O)(=O)N2CCC[C@@H](C(=O)O)[C@H]2C)s1. The van der Waals surface area contributed by atoms with E-state index in [1.54, 1.807) is 19.1 Å². The van der Waals surface area contributed by atoms with Crippen LogP contribution >= 0.6 is 11.3 Å². The second-order valence-electron chi connectivity index (χ2n) is 5.90. The fourth-order valence-corrected chi connectivity index (χ4v) is 6.08. The average molecular weight is 374 g/mol. The molecule has 7 nitrogen and oxygen atoms in total. The van der Waals surface area contributed by atoms with Gasteiger partial charge in [0.2, 0.25) is 5.91 Å². The lowest BCUT2D eigenvalue weighted by molar-refractivity contribution is -0.144. The molecule has 0 radical (unpaired) electrons. The maximum Gasteiger partial charge on any atom is 0.308 e. The minimum atomic E-state index is -3.70. The fraction of sp³-hybridized carbons (Fsp3) is 0.600. The highest BCUT2D eigenvalue weighted by molar-refractivity contribution is 7.91. The van der Waals surface area contributed by atoms with Crippen LogP contribution in [0.2, 0.25) is 0 Å². The number of thiophene rings is 1. The number of sulfonamides is 1. The van der Waals surface area contributed by atoms with Crippen molar-refractivity contribution in [2.75, 3.05) is 13.1 Å². The van der Waals surface area contributed by atoms with Crippen molar-refractivity contribution in [1.82, 2.24) is 9.62 Å². The molecule has 1 amide bonds. The number of amides is 1. The van der Waals surface area contributed by atoms with Gasteiger partial charge in [0.1, 0.15) is 4.21 Å². The largest absolute Gasteiger partial charge is 0.481 e. The van der Waals surface area contributed by atoms with Crippen LogP contribution in [0.5, 0.6) is 0 Å². The van der Waals surface area contributed by atoms with E-state index in [1.165, 1.54) is 22.6 Å². The minimum absolute atomic E-state index is 0.124. The Morgan fingerprint density at radius 1 is 1.42 bits per heavy atom. The third-order valence-corrected chi connectivity index (χ3v) is 7.79. The number of carboxylic acids is 1. The lowest BCUT2D eigenvalue weighted by atomic mass is 9.92. The highest BCUT2D eigenvalue weighted by atomic mass is 32.2. The standard InChI is InChI=1S/C15H22N2O5S2/c1-10-13(15(19)20)4-3-9-17(10)24(21,22)14-6-5-12(23-14)7-8-16-11(2)18/h5-6,10,13H,3-4,7-9H2,1-2H3,(H,16,18)(H,19,20)/t10-,13-/m1/s1. The van der Waals surface area contributed by atoms with Gasteiger partial charge in [0.15, 0.2) is 0 Å². The first kappa shape index (κ1) is 18.9. The van der Waals surface area contributed by atoms with Crippen molar-refractivity contribution in [2.24, 2.45) is 5.92 Å². The van der Waals surface area contributed by atoms with Crippen molar-refractivity contribution in [1.29, 1.82) is 0 Å². The number of nitrogens with zero attached hydrogens (tertiary/aromatic N) is 1. The number of hydrogen-bond acceptors (Lipinski definition) is 5. The van der Waals surface area contributed by atoms with Crippen LogP contribution < -0.4 is 5.32 Å². The summed E-state index contributed by atoms with van der Waals surface area (Å²) in [6.45, 7) is 3.88. The van der Waals surface area contributed by atoms with Gasteiger partial charge in [-0.25, -0.2) is 8.42 Å². The zero-order valence-corrected chi connectivity index (χ0v) is 15.3. The number of carbonyl (C=O) groups excluding carboxylic acids is 1. The lowest BCUT2D eigenvalue weighted by Gasteiger charge is -2.35. The summed E-state index contributed by atoms with van der Waals surface area (Å²) >= 11 is 1.17. The van der Waals surface area contributed by atoms with Crippen molar-refractivity contribution in [2.45, 2.75) is 43.4 Å². The summed E-state index contributed by atoms with van der Waals surface area (Å²) in [7, 11) is -3.70. The van der Waals surface area contributed by atoms with Crippen molar-refractivity contribution in [3.05, 3.63) is 17.0 Å². The molecule has 134 valence electrons. The summed E-state index contributed by atoms with van der Waals surface area (Å²) in [6, 6.07) is 2.73. The normalized spacial score (nSPS) is 22.2. The average Bonchev–Trinajstić information content (AvgIpc) is 2.96. The van der Waals surface area contributed by atoms with Gasteiger partial charge in [-0.15, -0.1) is 11.3 Å². The van der Waals surface area contributed by atoms with Crippen molar-refractivity contribution >= 4 is 33.2 Å². The first-order valence-corrected chi connectivity index (χ1v) is 10.1. The summed E-state index contributed by atoms with van der Waals surface area (Å²) in [5, 5.41) is 11.9. The summed E-state index contributed by atoms with van der Waals surface area (Å²) < 4.78 is 27.2. The smallest absolute Gasteiger partial charge is 0.308 e. The Kier molecular flexibility index (Phi) is 6.00. The zero-order chi connectivity index (χ0) is 17.9. The molecular formula is C15H22N2O5S2. The maximum absolute atomic E-state index is 12.8. The van der Waals surface area contributed by atoms with Crippen LogP contribution in [-0.2, 0) is 26.0 Å². The Bertz CT molecular complexity index is 713. The molecule has 0 aromatic carbocycles. The molecule has 1 fully saturated rings. The molecule has 0 saturated carbocycles. The third kappa shape index (κ3) is 4.14. The third-order valence-electron chi connectivity index (χ3n) is 4.19. The molecule has 1 saturated heterocycles. The number of aliphatic carboxylic acids is 1. The Hall–Kier alpha value is -1.45. The van der Waals surface area contributed by atoms with Crippen LogP contribution in [-0.4, -0.2) is 48.8 Å². The predicted octanol–water partition coefficient (Wildman–Crippen LogP) is 1.30. The summed E-state index contributed by atoms with van der Waals surface area (Å²) in [4.78, 5) is 23.0. The van der Waals surface area contributed by atoms with Gasteiger partial charge in [0.05, 0.1) is 5.92 Å². The van der Waals surface area contributed by atoms with E-state index in [9.17, 15) is 23.1 Å². The maximum atomic E-state index is 12.8. The molecule has 24 heavy (non-hydrogen) atoms. The van der Waals surface area contributed by atoms with Crippen molar-refractivity contribution in [3.63, 3.8) is 0 Å². The first-order valence-electron chi connectivity index (χ1n) is 7.81. The molecule has 9 heteroatoms. The van der Waals surface area contributed by atoms with Crippen LogP contribution in [0.1, 0.15) is 31.6 Å². The topological polar surface area (TPSA) is 104 Å². The van der Waals surface area contributed by atoms with Crippen LogP contribution in [0, 0.1) is 5.92 Å². The Morgan fingerprint density at radius 2 is 2.12 bits per heavy atom. The Balaban J connectivity index is 2.13. The van der Waals surface area contributed by atoms with Gasteiger partial charge >= 0.3 is 5.97 Å². The van der Waals surface area contributed by atoms with E-state index in [0.29, 0.717) is 32.4 Å². The second-order valence-corrected chi connectivity index (χ2v) is 9.18. The number of piperidine rings is 1. The summed E-state index contributed by atoms with van der Waals surface area (Å²) in [5.41, 5.74) is 0. The van der Waals surface area contributed by atoms with Crippen LogP contribution in [0.4, 0.5) is 0 Å².